The van der Waals surface area contributed by atoms with E-state index in [1.54, 1.807) is 19.3 Å². The zero-order valence-corrected chi connectivity index (χ0v) is 16.3. The van der Waals surface area contributed by atoms with Gasteiger partial charge in [-0.2, -0.15) is 5.10 Å². The number of nitrogens with zero attached hydrogens (tertiary/aromatic N) is 3. The molecule has 1 saturated carbocycles. The number of aryl methyl sites for hydroxylation is 1. The van der Waals surface area contributed by atoms with E-state index in [0.717, 1.165) is 24.1 Å². The molecule has 1 aliphatic rings. The number of guanidine groups is 1. The Hall–Kier alpha value is -1.64. The first-order valence-corrected chi connectivity index (χ1v) is 7.81. The van der Waals surface area contributed by atoms with Crippen LogP contribution < -0.4 is 10.6 Å². The van der Waals surface area contributed by atoms with Gasteiger partial charge >= 0.3 is 0 Å². The van der Waals surface area contributed by atoms with E-state index >= 15 is 0 Å². The molecule has 130 valence electrons. The molecule has 0 amide bonds. The molecule has 24 heavy (non-hydrogen) atoms. The summed E-state index contributed by atoms with van der Waals surface area (Å²) in [6.45, 7) is 1.32. The highest BCUT2D eigenvalue weighted by Crippen LogP contribution is 2.48. The van der Waals surface area contributed by atoms with E-state index in [9.17, 15) is 4.39 Å². The Kier molecular flexibility index (Phi) is 6.20. The molecule has 1 aromatic carbocycles. The van der Waals surface area contributed by atoms with Gasteiger partial charge in [-0.05, 0) is 30.5 Å². The van der Waals surface area contributed by atoms with Crippen LogP contribution in [0.5, 0.6) is 0 Å². The van der Waals surface area contributed by atoms with Gasteiger partial charge in [-0.1, -0.05) is 18.2 Å². The van der Waals surface area contributed by atoms with Crippen molar-refractivity contribution in [3.8, 4) is 0 Å². The number of hydrogen-bond donors (Lipinski definition) is 2. The zero-order chi connectivity index (χ0) is 16.3. The molecule has 1 aromatic heterocycles. The van der Waals surface area contributed by atoms with E-state index in [4.69, 9.17) is 0 Å². The number of hydrogen-bond acceptors (Lipinski definition) is 2. The van der Waals surface area contributed by atoms with E-state index in [1.807, 2.05) is 29.9 Å². The summed E-state index contributed by atoms with van der Waals surface area (Å²) in [5, 5.41) is 10.7. The number of rotatable bonds is 5. The summed E-state index contributed by atoms with van der Waals surface area (Å²) < 4.78 is 15.8. The van der Waals surface area contributed by atoms with Gasteiger partial charge in [-0.15, -0.1) is 24.0 Å². The fourth-order valence-electron chi connectivity index (χ4n) is 2.81. The minimum Gasteiger partial charge on any atom is -0.356 e. The average molecular weight is 443 g/mol. The Bertz CT molecular complexity index is 709. The van der Waals surface area contributed by atoms with Gasteiger partial charge in [0.1, 0.15) is 5.82 Å². The molecule has 0 atom stereocenters. The van der Waals surface area contributed by atoms with Crippen molar-refractivity contribution in [2.24, 2.45) is 12.0 Å². The van der Waals surface area contributed by atoms with Crippen LogP contribution in [0, 0.1) is 5.82 Å². The highest BCUT2D eigenvalue weighted by atomic mass is 127. The summed E-state index contributed by atoms with van der Waals surface area (Å²) >= 11 is 0. The van der Waals surface area contributed by atoms with E-state index in [2.05, 4.69) is 20.7 Å². The van der Waals surface area contributed by atoms with Crippen LogP contribution in [0.3, 0.4) is 0 Å². The van der Waals surface area contributed by atoms with Crippen molar-refractivity contribution in [3.05, 3.63) is 53.6 Å². The topological polar surface area (TPSA) is 54.2 Å². The maximum Gasteiger partial charge on any atom is 0.191 e. The summed E-state index contributed by atoms with van der Waals surface area (Å²) in [6.07, 6.45) is 3.77. The highest BCUT2D eigenvalue weighted by Gasteiger charge is 2.45. The van der Waals surface area contributed by atoms with Crippen LogP contribution in [0.4, 0.5) is 4.39 Å². The predicted octanol–water partition coefficient (Wildman–Crippen LogP) is 2.57. The van der Waals surface area contributed by atoms with Crippen LogP contribution in [0.1, 0.15) is 24.1 Å². The van der Waals surface area contributed by atoms with Gasteiger partial charge in [0.05, 0.1) is 12.2 Å². The molecule has 0 saturated heterocycles. The SMILES string of the molecule is CN=C(NCc1ccnn1C)NCC1(c2ccccc2F)CC1.I. The maximum absolute atomic E-state index is 14.0. The molecule has 1 heterocycles. The van der Waals surface area contributed by atoms with Gasteiger partial charge in [0.2, 0.25) is 0 Å². The van der Waals surface area contributed by atoms with Crippen molar-refractivity contribution in [1.29, 1.82) is 0 Å². The van der Waals surface area contributed by atoms with Gasteiger partial charge in [0, 0.05) is 32.3 Å². The first-order valence-electron chi connectivity index (χ1n) is 7.81. The zero-order valence-electron chi connectivity index (χ0n) is 13.9. The second kappa shape index (κ2) is 7.96. The van der Waals surface area contributed by atoms with Crippen LogP contribution in [-0.4, -0.2) is 29.3 Å². The standard InChI is InChI=1S/C17H22FN5.HI/c1-19-16(20-11-13-7-10-22-23(13)2)21-12-17(8-9-17)14-5-3-4-6-15(14)18;/h3-7,10H,8-9,11-12H2,1-2H3,(H2,19,20,21);1H. The Morgan fingerprint density at radius 1 is 1.29 bits per heavy atom. The van der Waals surface area contributed by atoms with Gasteiger partial charge < -0.3 is 10.6 Å². The van der Waals surface area contributed by atoms with Gasteiger partial charge in [-0.25, -0.2) is 4.39 Å². The third kappa shape index (κ3) is 4.06. The Morgan fingerprint density at radius 2 is 2.04 bits per heavy atom. The van der Waals surface area contributed by atoms with Crippen molar-refractivity contribution >= 4 is 29.9 Å². The van der Waals surface area contributed by atoms with E-state index in [1.165, 1.54) is 6.07 Å². The molecule has 7 heteroatoms. The molecule has 1 aliphatic carbocycles. The number of aliphatic imine (C=N–C) groups is 1. The molecule has 0 unspecified atom stereocenters. The number of halogens is 2. The fraction of sp³-hybridized carbons (Fsp3) is 0.412. The minimum atomic E-state index is -0.121. The lowest BCUT2D eigenvalue weighted by Crippen LogP contribution is -2.41. The highest BCUT2D eigenvalue weighted by molar-refractivity contribution is 14.0. The van der Waals surface area contributed by atoms with Crippen molar-refractivity contribution in [2.45, 2.75) is 24.8 Å². The third-order valence-electron chi connectivity index (χ3n) is 4.48. The first-order chi connectivity index (χ1) is 11.1. The smallest absolute Gasteiger partial charge is 0.191 e. The minimum absolute atomic E-state index is 0. The monoisotopic (exact) mass is 443 g/mol. The second-order valence-corrected chi connectivity index (χ2v) is 5.99. The first kappa shape index (κ1) is 18.7. The van der Waals surface area contributed by atoms with Crippen molar-refractivity contribution in [2.75, 3.05) is 13.6 Å². The van der Waals surface area contributed by atoms with Gasteiger partial charge in [-0.3, -0.25) is 9.67 Å². The molecule has 0 spiro atoms. The van der Waals surface area contributed by atoms with Crippen LogP contribution in [0.2, 0.25) is 0 Å². The Labute approximate surface area is 158 Å². The largest absolute Gasteiger partial charge is 0.356 e. The van der Waals surface area contributed by atoms with Crippen LogP contribution in [0.15, 0.2) is 41.5 Å². The fourth-order valence-corrected chi connectivity index (χ4v) is 2.81. The van der Waals surface area contributed by atoms with Crippen molar-refractivity contribution in [3.63, 3.8) is 0 Å². The molecule has 0 radical (unpaired) electrons. The van der Waals surface area contributed by atoms with Crippen molar-refractivity contribution < 1.29 is 4.39 Å². The van der Waals surface area contributed by atoms with Crippen LogP contribution in [-0.2, 0) is 19.0 Å². The normalized spacial score (nSPS) is 15.5. The van der Waals surface area contributed by atoms with E-state index in [0.29, 0.717) is 19.0 Å². The lowest BCUT2D eigenvalue weighted by molar-refractivity contribution is 0.559. The Morgan fingerprint density at radius 3 is 2.62 bits per heavy atom. The number of aromatic nitrogens is 2. The summed E-state index contributed by atoms with van der Waals surface area (Å²) in [6, 6.07) is 9.01. The molecule has 2 aromatic rings. The third-order valence-corrected chi connectivity index (χ3v) is 4.48. The molecule has 1 fully saturated rings. The lowest BCUT2D eigenvalue weighted by atomic mass is 9.95. The molecular weight excluding hydrogens is 420 g/mol. The van der Waals surface area contributed by atoms with Crippen LogP contribution >= 0.6 is 24.0 Å². The van der Waals surface area contributed by atoms with Gasteiger partial charge in [0.15, 0.2) is 5.96 Å². The lowest BCUT2D eigenvalue weighted by Gasteiger charge is -2.19. The average Bonchev–Trinajstić information content (AvgIpc) is 3.23. The summed E-state index contributed by atoms with van der Waals surface area (Å²) in [5.74, 6) is 0.596. The number of nitrogens with one attached hydrogen (secondary N) is 2. The molecule has 5 nitrogen and oxygen atoms in total. The second-order valence-electron chi connectivity index (χ2n) is 5.99. The molecule has 0 aliphatic heterocycles. The summed E-state index contributed by atoms with van der Waals surface area (Å²) in [4.78, 5) is 4.24. The van der Waals surface area contributed by atoms with Crippen molar-refractivity contribution in [1.82, 2.24) is 20.4 Å². The quantitative estimate of drug-likeness (QED) is 0.425. The molecule has 3 rings (SSSR count). The summed E-state index contributed by atoms with van der Waals surface area (Å²) in [7, 11) is 3.64. The van der Waals surface area contributed by atoms with E-state index < -0.39 is 0 Å². The number of benzene rings is 1. The molecular formula is C17H23FIN5. The predicted molar refractivity (Wildman–Crippen MR) is 104 cm³/mol. The maximum atomic E-state index is 14.0. The molecule has 2 N–H and O–H groups in total. The summed E-state index contributed by atoms with van der Waals surface area (Å²) in [5.41, 5.74) is 1.77. The van der Waals surface area contributed by atoms with E-state index in [-0.39, 0.29) is 35.2 Å². The Balaban J connectivity index is 0.00000208. The van der Waals surface area contributed by atoms with Crippen LogP contribution in [0.25, 0.3) is 0 Å². The van der Waals surface area contributed by atoms with Gasteiger partial charge in [0.25, 0.3) is 0 Å². The molecule has 0 bridgehead atoms.